The van der Waals surface area contributed by atoms with E-state index in [-0.39, 0.29) is 0 Å². The molecule has 0 spiro atoms. The first-order chi connectivity index (χ1) is 6.43. The monoisotopic (exact) mass is 180 g/mol. The summed E-state index contributed by atoms with van der Waals surface area (Å²) in [5.74, 6) is 1.03. The molecule has 0 saturated heterocycles. The number of rotatable bonds is 4. The molecule has 0 N–H and O–H groups in total. The van der Waals surface area contributed by atoms with Crippen LogP contribution in [0.4, 0.5) is 0 Å². The second kappa shape index (κ2) is 7.41. The summed E-state index contributed by atoms with van der Waals surface area (Å²) in [6.07, 6.45) is 15.3. The molecule has 1 aliphatic carbocycles. The lowest BCUT2D eigenvalue weighted by atomic mass is 9.87. The summed E-state index contributed by atoms with van der Waals surface area (Å²) in [6, 6.07) is 0. The summed E-state index contributed by atoms with van der Waals surface area (Å²) in [7, 11) is 0. The first-order valence-corrected chi connectivity index (χ1v) is 6.13. The first-order valence-electron chi connectivity index (χ1n) is 6.13. The van der Waals surface area contributed by atoms with Gasteiger partial charge < -0.3 is 0 Å². The SMILES string of the molecule is [CH]CCCCC1CCCCCCC1. The Morgan fingerprint density at radius 1 is 0.846 bits per heavy atom. The van der Waals surface area contributed by atoms with Gasteiger partial charge in [-0.25, -0.2) is 0 Å². The van der Waals surface area contributed by atoms with Gasteiger partial charge in [-0.2, -0.15) is 0 Å². The Hall–Kier alpha value is 0. The molecule has 0 bridgehead atoms. The van der Waals surface area contributed by atoms with Crippen LogP contribution in [-0.4, -0.2) is 0 Å². The Kier molecular flexibility index (Phi) is 6.31. The second-order valence-electron chi connectivity index (χ2n) is 4.50. The highest BCUT2D eigenvalue weighted by Crippen LogP contribution is 2.26. The standard InChI is InChI=1S/C13H24/c1-2-3-7-10-13-11-8-5-4-6-9-12-13/h1,13H,2-12H2. The van der Waals surface area contributed by atoms with Gasteiger partial charge in [0.05, 0.1) is 0 Å². The number of unbranched alkanes of at least 4 members (excludes halogenated alkanes) is 2. The normalized spacial score (nSPS) is 21.0. The van der Waals surface area contributed by atoms with E-state index in [4.69, 9.17) is 6.92 Å². The Bertz CT molecular complexity index is 98.6. The molecule has 0 atom stereocenters. The van der Waals surface area contributed by atoms with Crippen molar-refractivity contribution in [2.75, 3.05) is 0 Å². The van der Waals surface area contributed by atoms with Gasteiger partial charge in [0.25, 0.3) is 0 Å². The van der Waals surface area contributed by atoms with Gasteiger partial charge in [0, 0.05) is 0 Å². The third-order valence-corrected chi connectivity index (χ3v) is 3.29. The molecular formula is C13H24. The van der Waals surface area contributed by atoms with Crippen molar-refractivity contribution in [2.45, 2.75) is 70.6 Å². The molecule has 0 heterocycles. The van der Waals surface area contributed by atoms with Crippen LogP contribution in [0.15, 0.2) is 0 Å². The molecule has 0 aliphatic heterocycles. The fourth-order valence-electron chi connectivity index (χ4n) is 2.41. The fourth-order valence-corrected chi connectivity index (χ4v) is 2.41. The smallest absolute Gasteiger partial charge is 0.0352 e. The van der Waals surface area contributed by atoms with Crippen LogP contribution >= 0.6 is 0 Å². The van der Waals surface area contributed by atoms with Gasteiger partial charge in [-0.1, -0.05) is 64.2 Å². The zero-order chi connectivity index (χ0) is 9.36. The molecule has 0 nitrogen and oxygen atoms in total. The van der Waals surface area contributed by atoms with Crippen molar-refractivity contribution in [2.24, 2.45) is 5.92 Å². The molecule has 0 heteroatoms. The van der Waals surface area contributed by atoms with Crippen molar-refractivity contribution in [1.82, 2.24) is 0 Å². The fraction of sp³-hybridized carbons (Fsp3) is 0.923. The van der Waals surface area contributed by atoms with Crippen LogP contribution in [0.25, 0.3) is 0 Å². The molecule has 1 saturated carbocycles. The van der Waals surface area contributed by atoms with E-state index in [1.165, 1.54) is 64.2 Å². The maximum absolute atomic E-state index is 5.50. The highest BCUT2D eigenvalue weighted by molar-refractivity contribution is 4.64. The minimum Gasteiger partial charge on any atom is -0.0533 e. The Morgan fingerprint density at radius 2 is 1.46 bits per heavy atom. The molecule has 2 radical (unpaired) electrons. The Labute approximate surface area is 84.1 Å². The molecule has 0 aromatic carbocycles. The molecular weight excluding hydrogens is 156 g/mol. The first kappa shape index (κ1) is 11.1. The van der Waals surface area contributed by atoms with E-state index in [1.807, 2.05) is 0 Å². The molecule has 1 rings (SSSR count). The topological polar surface area (TPSA) is 0 Å². The van der Waals surface area contributed by atoms with Gasteiger partial charge in [0.2, 0.25) is 0 Å². The zero-order valence-corrected chi connectivity index (χ0v) is 8.93. The number of hydrogen-bond donors (Lipinski definition) is 0. The van der Waals surface area contributed by atoms with Gasteiger partial charge in [-0.3, -0.25) is 0 Å². The van der Waals surface area contributed by atoms with Crippen molar-refractivity contribution in [3.05, 3.63) is 6.92 Å². The van der Waals surface area contributed by atoms with Crippen molar-refractivity contribution in [3.63, 3.8) is 0 Å². The van der Waals surface area contributed by atoms with Crippen LogP contribution in [0.5, 0.6) is 0 Å². The van der Waals surface area contributed by atoms with Gasteiger partial charge in [-0.05, 0) is 19.3 Å². The van der Waals surface area contributed by atoms with E-state index < -0.39 is 0 Å². The highest BCUT2D eigenvalue weighted by atomic mass is 14.2. The van der Waals surface area contributed by atoms with Crippen LogP contribution in [0.3, 0.4) is 0 Å². The van der Waals surface area contributed by atoms with Gasteiger partial charge in [0.15, 0.2) is 0 Å². The molecule has 0 aromatic rings. The van der Waals surface area contributed by atoms with Crippen molar-refractivity contribution in [1.29, 1.82) is 0 Å². The van der Waals surface area contributed by atoms with E-state index in [1.54, 1.807) is 0 Å². The number of hydrogen-bond acceptors (Lipinski definition) is 0. The summed E-state index contributed by atoms with van der Waals surface area (Å²) in [5.41, 5.74) is 0. The maximum atomic E-state index is 5.50. The minimum absolute atomic E-state index is 0.882. The van der Waals surface area contributed by atoms with E-state index in [0.29, 0.717) is 0 Å². The average molecular weight is 180 g/mol. The lowest BCUT2D eigenvalue weighted by molar-refractivity contribution is 0.349. The van der Waals surface area contributed by atoms with Crippen molar-refractivity contribution >= 4 is 0 Å². The summed E-state index contributed by atoms with van der Waals surface area (Å²) in [6.45, 7) is 5.50. The quantitative estimate of drug-likeness (QED) is 0.554. The average Bonchev–Trinajstić information content (AvgIpc) is 2.08. The van der Waals surface area contributed by atoms with Crippen LogP contribution in [0, 0.1) is 12.8 Å². The lowest BCUT2D eigenvalue weighted by Crippen LogP contribution is -2.03. The third-order valence-electron chi connectivity index (χ3n) is 3.29. The van der Waals surface area contributed by atoms with Crippen molar-refractivity contribution < 1.29 is 0 Å². The molecule has 1 aliphatic rings. The van der Waals surface area contributed by atoms with E-state index >= 15 is 0 Å². The van der Waals surface area contributed by atoms with Crippen LogP contribution in [-0.2, 0) is 0 Å². The largest absolute Gasteiger partial charge is 0.0533 e. The molecule has 0 amide bonds. The molecule has 76 valence electrons. The second-order valence-corrected chi connectivity index (χ2v) is 4.50. The predicted octanol–water partition coefficient (Wildman–Crippen LogP) is 4.62. The van der Waals surface area contributed by atoms with Crippen LogP contribution in [0.1, 0.15) is 70.6 Å². The Morgan fingerprint density at radius 3 is 2.08 bits per heavy atom. The van der Waals surface area contributed by atoms with Crippen molar-refractivity contribution in [3.8, 4) is 0 Å². The van der Waals surface area contributed by atoms with Gasteiger partial charge in [0.1, 0.15) is 0 Å². The molecule has 0 aromatic heterocycles. The minimum atomic E-state index is 0.882. The predicted molar refractivity (Wildman–Crippen MR) is 58.6 cm³/mol. The maximum Gasteiger partial charge on any atom is -0.0352 e. The summed E-state index contributed by atoms with van der Waals surface area (Å²) in [4.78, 5) is 0. The summed E-state index contributed by atoms with van der Waals surface area (Å²) in [5, 5.41) is 0. The summed E-state index contributed by atoms with van der Waals surface area (Å²) < 4.78 is 0. The van der Waals surface area contributed by atoms with Gasteiger partial charge >= 0.3 is 0 Å². The molecule has 1 fully saturated rings. The van der Waals surface area contributed by atoms with E-state index in [0.717, 1.165) is 12.3 Å². The molecule has 13 heavy (non-hydrogen) atoms. The highest BCUT2D eigenvalue weighted by Gasteiger charge is 2.10. The summed E-state index contributed by atoms with van der Waals surface area (Å²) >= 11 is 0. The lowest BCUT2D eigenvalue weighted by Gasteiger charge is -2.19. The van der Waals surface area contributed by atoms with Crippen LogP contribution < -0.4 is 0 Å². The van der Waals surface area contributed by atoms with E-state index in [9.17, 15) is 0 Å². The molecule has 0 unspecified atom stereocenters. The van der Waals surface area contributed by atoms with Gasteiger partial charge in [-0.15, -0.1) is 0 Å². The van der Waals surface area contributed by atoms with E-state index in [2.05, 4.69) is 0 Å². The Balaban J connectivity index is 2.06. The zero-order valence-electron chi connectivity index (χ0n) is 8.93. The third kappa shape index (κ3) is 5.33. The van der Waals surface area contributed by atoms with Crippen LogP contribution in [0.2, 0.25) is 0 Å².